The quantitative estimate of drug-likeness (QED) is 0.557. The summed E-state index contributed by atoms with van der Waals surface area (Å²) in [4.78, 5) is 7.77. The normalized spacial score (nSPS) is 10.2. The Kier molecular flexibility index (Phi) is 2.17. The number of guanidine groups is 1. The van der Waals surface area contributed by atoms with Gasteiger partial charge in [-0.1, -0.05) is 0 Å². The van der Waals surface area contributed by atoms with E-state index in [1.54, 1.807) is 25.3 Å². The summed E-state index contributed by atoms with van der Waals surface area (Å²) >= 11 is 0. The molecule has 4 N–H and O–H groups in total. The monoisotopic (exact) mass is 206 g/mol. The maximum atomic E-state index is 5.26. The van der Waals surface area contributed by atoms with Crippen LogP contribution < -0.4 is 16.2 Å². The topological polar surface area (TPSA) is 99.7 Å². The molecule has 0 aliphatic heterocycles. The molecular weight excluding hydrogens is 196 g/mol. The average Bonchev–Trinajstić information content (AvgIpc) is 2.57. The predicted octanol–water partition coefficient (Wildman–Crippen LogP) is 0.741. The van der Waals surface area contributed by atoms with Crippen LogP contribution >= 0.6 is 0 Å². The first-order valence-corrected chi connectivity index (χ1v) is 4.23. The lowest BCUT2D eigenvalue weighted by Crippen LogP contribution is -2.21. The number of benzene rings is 1. The number of nitrogens with two attached hydrogens (primary N) is 2. The number of oxazole rings is 1. The minimum Gasteiger partial charge on any atom is -0.497 e. The minimum absolute atomic E-state index is 0.0893. The third-order valence-electron chi connectivity index (χ3n) is 1.81. The number of aromatic nitrogens is 1. The standard InChI is InChI=1S/C9H10N4O2/c1-14-5-2-3-7-6(4-5)12-9(15-7)13-8(10)11/h2-4H,1H3,(H4,10,11,12,13). The highest BCUT2D eigenvalue weighted by atomic mass is 16.5. The van der Waals surface area contributed by atoms with Crippen molar-refractivity contribution in [2.24, 2.45) is 16.5 Å². The van der Waals surface area contributed by atoms with Gasteiger partial charge in [-0.3, -0.25) is 0 Å². The molecule has 0 saturated carbocycles. The molecule has 0 atom stereocenters. The fraction of sp³-hybridized carbons (Fsp3) is 0.111. The zero-order valence-corrected chi connectivity index (χ0v) is 8.10. The molecule has 0 spiro atoms. The Labute approximate surface area is 85.5 Å². The molecule has 0 amide bonds. The van der Waals surface area contributed by atoms with Gasteiger partial charge in [0.1, 0.15) is 11.3 Å². The molecule has 1 aromatic carbocycles. The molecule has 0 radical (unpaired) electrons. The number of rotatable bonds is 2. The number of nitrogens with zero attached hydrogens (tertiary/aromatic N) is 2. The second-order valence-corrected chi connectivity index (χ2v) is 2.87. The van der Waals surface area contributed by atoms with Gasteiger partial charge in [-0.05, 0) is 12.1 Å². The van der Waals surface area contributed by atoms with Gasteiger partial charge in [0.05, 0.1) is 7.11 Å². The lowest BCUT2D eigenvalue weighted by Gasteiger charge is -1.95. The fourth-order valence-electron chi connectivity index (χ4n) is 1.18. The molecule has 0 aliphatic rings. The smallest absolute Gasteiger partial charge is 0.325 e. The third kappa shape index (κ3) is 1.83. The molecule has 0 bridgehead atoms. The van der Waals surface area contributed by atoms with Gasteiger partial charge in [0.15, 0.2) is 11.5 Å². The molecule has 0 saturated heterocycles. The van der Waals surface area contributed by atoms with Crippen LogP contribution in [0, 0.1) is 0 Å². The molecular formula is C9H10N4O2. The molecule has 15 heavy (non-hydrogen) atoms. The zero-order valence-electron chi connectivity index (χ0n) is 8.10. The summed E-state index contributed by atoms with van der Waals surface area (Å²) in [5.74, 6) is 0.612. The summed E-state index contributed by atoms with van der Waals surface area (Å²) < 4.78 is 10.3. The van der Waals surface area contributed by atoms with E-state index in [0.717, 1.165) is 0 Å². The van der Waals surface area contributed by atoms with Crippen LogP contribution in [0.4, 0.5) is 6.01 Å². The van der Waals surface area contributed by atoms with Crippen LogP contribution in [0.5, 0.6) is 5.75 Å². The zero-order chi connectivity index (χ0) is 10.8. The van der Waals surface area contributed by atoms with E-state index in [1.165, 1.54) is 0 Å². The van der Waals surface area contributed by atoms with Gasteiger partial charge in [-0.15, -0.1) is 0 Å². The Bertz CT molecular complexity index is 514. The first-order chi connectivity index (χ1) is 7.19. The Hall–Kier alpha value is -2.24. The van der Waals surface area contributed by atoms with E-state index in [2.05, 4.69) is 9.98 Å². The van der Waals surface area contributed by atoms with Crippen LogP contribution in [0.3, 0.4) is 0 Å². The van der Waals surface area contributed by atoms with E-state index < -0.39 is 0 Å². The number of aliphatic imine (C=N–C) groups is 1. The maximum Gasteiger partial charge on any atom is 0.325 e. The van der Waals surface area contributed by atoms with E-state index in [1.807, 2.05) is 0 Å². The molecule has 6 nitrogen and oxygen atoms in total. The molecule has 1 heterocycles. The highest BCUT2D eigenvalue weighted by Crippen LogP contribution is 2.24. The second-order valence-electron chi connectivity index (χ2n) is 2.87. The van der Waals surface area contributed by atoms with Crippen LogP contribution in [-0.2, 0) is 0 Å². The van der Waals surface area contributed by atoms with E-state index in [-0.39, 0.29) is 12.0 Å². The SMILES string of the molecule is COc1ccc2oc(N=C(N)N)nc2c1. The van der Waals surface area contributed by atoms with E-state index in [4.69, 9.17) is 20.6 Å². The largest absolute Gasteiger partial charge is 0.497 e. The molecule has 2 rings (SSSR count). The summed E-state index contributed by atoms with van der Waals surface area (Å²) in [5, 5.41) is 0. The average molecular weight is 206 g/mol. The van der Waals surface area contributed by atoms with Crippen molar-refractivity contribution in [3.8, 4) is 5.75 Å². The Balaban J connectivity index is 2.51. The number of hydrogen-bond acceptors (Lipinski definition) is 4. The lowest BCUT2D eigenvalue weighted by molar-refractivity contribution is 0.415. The van der Waals surface area contributed by atoms with Crippen LogP contribution in [-0.4, -0.2) is 18.1 Å². The van der Waals surface area contributed by atoms with Crippen molar-refractivity contribution >= 4 is 23.1 Å². The molecule has 0 fully saturated rings. The van der Waals surface area contributed by atoms with Crippen LogP contribution in [0.1, 0.15) is 0 Å². The number of fused-ring (bicyclic) bond motifs is 1. The van der Waals surface area contributed by atoms with Gasteiger partial charge in [-0.2, -0.15) is 9.98 Å². The van der Waals surface area contributed by atoms with Crippen molar-refractivity contribution in [2.45, 2.75) is 0 Å². The van der Waals surface area contributed by atoms with Gasteiger partial charge in [0, 0.05) is 6.07 Å². The van der Waals surface area contributed by atoms with Crippen molar-refractivity contribution in [3.05, 3.63) is 18.2 Å². The van der Waals surface area contributed by atoms with Crippen LogP contribution in [0.25, 0.3) is 11.1 Å². The van der Waals surface area contributed by atoms with E-state index in [9.17, 15) is 0 Å². The van der Waals surface area contributed by atoms with Gasteiger partial charge < -0.3 is 20.6 Å². The first kappa shape index (κ1) is 9.32. The molecule has 1 aromatic heterocycles. The summed E-state index contributed by atoms with van der Waals surface area (Å²) in [6.45, 7) is 0. The summed E-state index contributed by atoms with van der Waals surface area (Å²) in [6.07, 6.45) is 0. The number of methoxy groups -OCH3 is 1. The molecule has 0 aliphatic carbocycles. The van der Waals surface area contributed by atoms with Crippen molar-refractivity contribution in [1.29, 1.82) is 0 Å². The Morgan fingerprint density at radius 3 is 2.93 bits per heavy atom. The fourth-order valence-corrected chi connectivity index (χ4v) is 1.18. The molecule has 0 unspecified atom stereocenters. The summed E-state index contributed by atoms with van der Waals surface area (Å²) in [5.41, 5.74) is 11.7. The second kappa shape index (κ2) is 3.49. The third-order valence-corrected chi connectivity index (χ3v) is 1.81. The molecule has 78 valence electrons. The summed E-state index contributed by atoms with van der Waals surface area (Å²) in [6, 6.07) is 5.39. The Morgan fingerprint density at radius 2 is 2.27 bits per heavy atom. The first-order valence-electron chi connectivity index (χ1n) is 4.23. The van der Waals surface area contributed by atoms with Crippen molar-refractivity contribution in [1.82, 2.24) is 4.98 Å². The van der Waals surface area contributed by atoms with Gasteiger partial charge in [0.2, 0.25) is 0 Å². The minimum atomic E-state index is -0.0893. The predicted molar refractivity (Wildman–Crippen MR) is 56.0 cm³/mol. The van der Waals surface area contributed by atoms with Crippen LogP contribution in [0.15, 0.2) is 27.6 Å². The molecule has 6 heteroatoms. The summed E-state index contributed by atoms with van der Waals surface area (Å²) in [7, 11) is 1.58. The van der Waals surface area contributed by atoms with Crippen molar-refractivity contribution in [3.63, 3.8) is 0 Å². The van der Waals surface area contributed by atoms with E-state index in [0.29, 0.717) is 16.8 Å². The lowest BCUT2D eigenvalue weighted by atomic mass is 10.3. The molecule has 2 aromatic rings. The highest BCUT2D eigenvalue weighted by Gasteiger charge is 2.05. The van der Waals surface area contributed by atoms with Gasteiger partial charge in [0.25, 0.3) is 0 Å². The number of ether oxygens (including phenoxy) is 1. The van der Waals surface area contributed by atoms with E-state index >= 15 is 0 Å². The van der Waals surface area contributed by atoms with Crippen molar-refractivity contribution in [2.75, 3.05) is 7.11 Å². The Morgan fingerprint density at radius 1 is 1.47 bits per heavy atom. The van der Waals surface area contributed by atoms with Gasteiger partial charge >= 0.3 is 6.01 Å². The maximum absolute atomic E-state index is 5.26. The van der Waals surface area contributed by atoms with Crippen LogP contribution in [0.2, 0.25) is 0 Å². The van der Waals surface area contributed by atoms with Crippen molar-refractivity contribution < 1.29 is 9.15 Å². The van der Waals surface area contributed by atoms with Gasteiger partial charge in [-0.25, -0.2) is 0 Å². The number of hydrogen-bond donors (Lipinski definition) is 2. The highest BCUT2D eigenvalue weighted by molar-refractivity contribution is 5.80.